The summed E-state index contributed by atoms with van der Waals surface area (Å²) in [5.74, 6) is 1.51. The average Bonchev–Trinajstić information content (AvgIpc) is 2.75. The molecule has 94 valence electrons. The van der Waals surface area contributed by atoms with Gasteiger partial charge in [-0.2, -0.15) is 0 Å². The largest absolute Gasteiger partial charge is 0.370 e. The van der Waals surface area contributed by atoms with Crippen LogP contribution in [0.2, 0.25) is 0 Å². The highest BCUT2D eigenvalue weighted by Crippen LogP contribution is 2.28. The molecule has 1 aromatic rings. The van der Waals surface area contributed by atoms with Crippen molar-refractivity contribution in [2.24, 2.45) is 16.6 Å². The zero-order chi connectivity index (χ0) is 11.9. The van der Waals surface area contributed by atoms with E-state index in [4.69, 9.17) is 5.73 Å². The standard InChI is InChI=1S/C13H21N3S/c14-13(15-8-6-11-3-1-4-11)16-9-7-12-5-2-10-17-12/h2,5,10-11H,1,3-4,6-9H2,(H3,14,15,16). The van der Waals surface area contributed by atoms with Crippen LogP contribution >= 0.6 is 11.3 Å². The number of aliphatic imine (C=N–C) groups is 1. The van der Waals surface area contributed by atoms with Crippen molar-refractivity contribution in [3.8, 4) is 0 Å². The van der Waals surface area contributed by atoms with Crippen molar-refractivity contribution in [2.45, 2.75) is 32.1 Å². The van der Waals surface area contributed by atoms with Crippen molar-refractivity contribution in [2.75, 3.05) is 13.1 Å². The fraction of sp³-hybridized carbons (Fsp3) is 0.615. The van der Waals surface area contributed by atoms with Gasteiger partial charge >= 0.3 is 0 Å². The molecule has 0 amide bonds. The van der Waals surface area contributed by atoms with E-state index in [0.717, 1.165) is 25.4 Å². The highest BCUT2D eigenvalue weighted by molar-refractivity contribution is 7.09. The van der Waals surface area contributed by atoms with E-state index in [9.17, 15) is 0 Å². The smallest absolute Gasteiger partial charge is 0.188 e. The fourth-order valence-electron chi connectivity index (χ4n) is 1.97. The number of rotatable bonds is 6. The van der Waals surface area contributed by atoms with Gasteiger partial charge in [-0.05, 0) is 30.2 Å². The molecular formula is C13H21N3S. The van der Waals surface area contributed by atoms with E-state index in [1.165, 1.54) is 30.6 Å². The van der Waals surface area contributed by atoms with E-state index in [1.807, 2.05) is 0 Å². The van der Waals surface area contributed by atoms with Crippen molar-refractivity contribution in [1.82, 2.24) is 5.32 Å². The van der Waals surface area contributed by atoms with Gasteiger partial charge in [0.1, 0.15) is 0 Å². The predicted molar refractivity (Wildman–Crippen MR) is 74.5 cm³/mol. The molecule has 3 N–H and O–H groups in total. The Kier molecular flexibility index (Phi) is 4.86. The highest BCUT2D eigenvalue weighted by Gasteiger charge is 2.16. The van der Waals surface area contributed by atoms with Crippen molar-refractivity contribution >= 4 is 17.3 Å². The number of nitrogens with one attached hydrogen (secondary N) is 1. The molecule has 1 aliphatic rings. The predicted octanol–water partition coefficient (Wildman–Crippen LogP) is 2.39. The van der Waals surface area contributed by atoms with Gasteiger partial charge in [0, 0.05) is 18.0 Å². The quantitative estimate of drug-likeness (QED) is 0.602. The monoisotopic (exact) mass is 251 g/mol. The molecule has 0 unspecified atom stereocenters. The lowest BCUT2D eigenvalue weighted by Gasteiger charge is -2.24. The molecule has 1 aliphatic carbocycles. The average molecular weight is 251 g/mol. The fourth-order valence-corrected chi connectivity index (χ4v) is 2.68. The zero-order valence-electron chi connectivity index (χ0n) is 10.2. The first kappa shape index (κ1) is 12.4. The number of nitrogens with two attached hydrogens (primary N) is 1. The Morgan fingerprint density at radius 2 is 2.41 bits per heavy atom. The van der Waals surface area contributed by atoms with Crippen LogP contribution in [0.1, 0.15) is 30.6 Å². The second kappa shape index (κ2) is 6.64. The Morgan fingerprint density at radius 3 is 3.06 bits per heavy atom. The summed E-state index contributed by atoms with van der Waals surface area (Å²) in [6.45, 7) is 1.75. The molecule has 1 fully saturated rings. The number of guanidine groups is 1. The van der Waals surface area contributed by atoms with Crippen LogP contribution in [-0.2, 0) is 6.42 Å². The topological polar surface area (TPSA) is 50.4 Å². The van der Waals surface area contributed by atoms with Crippen LogP contribution in [0.3, 0.4) is 0 Å². The number of hydrogen-bond donors (Lipinski definition) is 2. The molecule has 0 aliphatic heterocycles. The molecular weight excluding hydrogens is 230 g/mol. The maximum Gasteiger partial charge on any atom is 0.188 e. The first-order chi connectivity index (χ1) is 8.34. The summed E-state index contributed by atoms with van der Waals surface area (Å²) in [4.78, 5) is 5.74. The van der Waals surface area contributed by atoms with Crippen molar-refractivity contribution < 1.29 is 0 Å². The molecule has 0 aromatic carbocycles. The molecule has 1 saturated carbocycles. The summed E-state index contributed by atoms with van der Waals surface area (Å²) < 4.78 is 0. The minimum absolute atomic E-state index is 0.598. The van der Waals surface area contributed by atoms with Crippen molar-refractivity contribution in [1.29, 1.82) is 0 Å². The van der Waals surface area contributed by atoms with Crippen molar-refractivity contribution in [3.63, 3.8) is 0 Å². The van der Waals surface area contributed by atoms with E-state index < -0.39 is 0 Å². The van der Waals surface area contributed by atoms with Crippen LogP contribution in [0.25, 0.3) is 0 Å². The van der Waals surface area contributed by atoms with E-state index in [2.05, 4.69) is 27.8 Å². The van der Waals surface area contributed by atoms with Crippen LogP contribution in [0, 0.1) is 5.92 Å². The molecule has 1 heterocycles. The molecule has 3 nitrogen and oxygen atoms in total. The maximum absolute atomic E-state index is 5.80. The lowest BCUT2D eigenvalue weighted by atomic mass is 9.83. The molecule has 0 bridgehead atoms. The lowest BCUT2D eigenvalue weighted by molar-refractivity contribution is 0.300. The Morgan fingerprint density at radius 1 is 1.53 bits per heavy atom. The third-order valence-corrected chi connectivity index (χ3v) is 4.24. The van der Waals surface area contributed by atoms with Crippen LogP contribution in [0.15, 0.2) is 22.5 Å². The SMILES string of the molecule is NC(=NCCC1CCC1)NCCc1cccs1. The first-order valence-electron chi connectivity index (χ1n) is 6.41. The van der Waals surface area contributed by atoms with Gasteiger partial charge in [0.25, 0.3) is 0 Å². The van der Waals surface area contributed by atoms with Crippen LogP contribution in [-0.4, -0.2) is 19.0 Å². The van der Waals surface area contributed by atoms with Crippen LogP contribution < -0.4 is 11.1 Å². The Balaban J connectivity index is 1.56. The maximum atomic E-state index is 5.80. The molecule has 0 radical (unpaired) electrons. The summed E-state index contributed by atoms with van der Waals surface area (Å²) in [5, 5.41) is 5.27. The second-order valence-electron chi connectivity index (χ2n) is 4.61. The molecule has 2 rings (SSSR count). The summed E-state index contributed by atoms with van der Waals surface area (Å²) in [7, 11) is 0. The zero-order valence-corrected chi connectivity index (χ0v) is 11.0. The van der Waals surface area contributed by atoms with E-state index in [0.29, 0.717) is 5.96 Å². The Labute approximate surface area is 107 Å². The van der Waals surface area contributed by atoms with E-state index in [1.54, 1.807) is 11.3 Å². The van der Waals surface area contributed by atoms with Gasteiger partial charge in [0.05, 0.1) is 0 Å². The van der Waals surface area contributed by atoms with Gasteiger partial charge in [-0.1, -0.05) is 25.3 Å². The van der Waals surface area contributed by atoms with Crippen LogP contribution in [0.5, 0.6) is 0 Å². The first-order valence-corrected chi connectivity index (χ1v) is 7.29. The van der Waals surface area contributed by atoms with Gasteiger partial charge in [-0.25, -0.2) is 0 Å². The Hall–Kier alpha value is -1.03. The third kappa shape index (κ3) is 4.38. The second-order valence-corrected chi connectivity index (χ2v) is 5.64. The molecule has 0 spiro atoms. The minimum atomic E-state index is 0.598. The Bertz CT molecular complexity index is 342. The normalized spacial score (nSPS) is 16.8. The molecule has 4 heteroatoms. The molecule has 1 aromatic heterocycles. The highest BCUT2D eigenvalue weighted by atomic mass is 32.1. The van der Waals surface area contributed by atoms with Crippen molar-refractivity contribution in [3.05, 3.63) is 22.4 Å². The van der Waals surface area contributed by atoms with E-state index >= 15 is 0 Å². The van der Waals surface area contributed by atoms with Gasteiger partial charge in [-0.15, -0.1) is 11.3 Å². The summed E-state index contributed by atoms with van der Waals surface area (Å²) in [5.41, 5.74) is 5.80. The van der Waals surface area contributed by atoms with Gasteiger partial charge < -0.3 is 11.1 Å². The summed E-state index contributed by atoms with van der Waals surface area (Å²) in [6, 6.07) is 4.23. The lowest BCUT2D eigenvalue weighted by Crippen LogP contribution is -2.33. The van der Waals surface area contributed by atoms with E-state index in [-0.39, 0.29) is 0 Å². The molecule has 0 saturated heterocycles. The summed E-state index contributed by atoms with van der Waals surface area (Å²) >= 11 is 1.79. The number of hydrogen-bond acceptors (Lipinski definition) is 2. The minimum Gasteiger partial charge on any atom is -0.370 e. The van der Waals surface area contributed by atoms with Crippen LogP contribution in [0.4, 0.5) is 0 Å². The molecule has 17 heavy (non-hydrogen) atoms. The van der Waals surface area contributed by atoms with Gasteiger partial charge in [0.15, 0.2) is 5.96 Å². The molecule has 0 atom stereocenters. The van der Waals surface area contributed by atoms with Gasteiger partial charge in [-0.3, -0.25) is 4.99 Å². The third-order valence-electron chi connectivity index (χ3n) is 3.30. The number of thiophene rings is 1. The number of nitrogens with zero attached hydrogens (tertiary/aromatic N) is 1. The summed E-state index contributed by atoms with van der Waals surface area (Å²) in [6.07, 6.45) is 6.41. The van der Waals surface area contributed by atoms with Gasteiger partial charge in [0.2, 0.25) is 0 Å².